The molecule has 0 radical (unpaired) electrons. The number of halogens is 3. The molecule has 1 saturated heterocycles. The maximum atomic E-state index is 13.5. The summed E-state index contributed by atoms with van der Waals surface area (Å²) >= 11 is 0. The van der Waals surface area contributed by atoms with Gasteiger partial charge in [-0.05, 0) is 49.4 Å². The zero-order valence-corrected chi connectivity index (χ0v) is 25.6. The first-order valence-electron chi connectivity index (χ1n) is 14.2. The van der Waals surface area contributed by atoms with Gasteiger partial charge < -0.3 is 9.57 Å². The van der Waals surface area contributed by atoms with E-state index in [4.69, 9.17) is 14.2 Å². The summed E-state index contributed by atoms with van der Waals surface area (Å²) in [6, 6.07) is 21.1. The van der Waals surface area contributed by atoms with Crippen LogP contribution in [-0.2, 0) is 25.7 Å². The highest BCUT2D eigenvalue weighted by atomic mass is 32.2. The predicted molar refractivity (Wildman–Crippen MR) is 158 cm³/mol. The lowest BCUT2D eigenvalue weighted by Crippen LogP contribution is -2.58. The molecule has 1 unspecified atom stereocenters. The van der Waals surface area contributed by atoms with Crippen molar-refractivity contribution >= 4 is 21.9 Å². The van der Waals surface area contributed by atoms with E-state index in [1.54, 1.807) is 59.6 Å². The van der Waals surface area contributed by atoms with Crippen molar-refractivity contribution in [3.05, 3.63) is 102 Å². The van der Waals surface area contributed by atoms with E-state index in [0.717, 1.165) is 21.3 Å². The minimum absolute atomic E-state index is 0.0982. The Morgan fingerprint density at radius 1 is 1.00 bits per heavy atom. The fourth-order valence-corrected chi connectivity index (χ4v) is 5.69. The number of hydrogen-bond acceptors (Lipinski definition) is 9. The van der Waals surface area contributed by atoms with Gasteiger partial charge in [0, 0.05) is 17.5 Å². The number of aryl methyl sites for hydroxylation is 1. The SMILES string of the molecule is Cc1ccc(-c2cc(C(F)(F)F)nn2-c2ccc(S(=O)(=O)NC(=O)C3CN(n4on4OC(C)OC(=O)c4ccccc4)C3)cc2)cc1. The topological polar surface area (TPSA) is 143 Å². The second-order valence-electron chi connectivity index (χ2n) is 10.7. The molecule has 1 fully saturated rings. The van der Waals surface area contributed by atoms with Crippen LogP contribution in [0.4, 0.5) is 13.2 Å². The van der Waals surface area contributed by atoms with Crippen LogP contribution in [0.15, 0.2) is 94.5 Å². The smallest absolute Gasteiger partial charge is 0.420 e. The summed E-state index contributed by atoms with van der Waals surface area (Å²) < 4.78 is 79.9. The number of alkyl halides is 3. The van der Waals surface area contributed by atoms with Crippen molar-refractivity contribution in [2.75, 3.05) is 18.1 Å². The maximum Gasteiger partial charge on any atom is 0.435 e. The Bertz CT molecular complexity index is 1990. The standard InChI is InChI=1S/C30H27F3N6O7S/c1-19-8-10-21(11-9-19)26-16-27(30(31,32)33)34-37(26)24-12-14-25(15-13-24)47(42,43)35-28(40)23-17-36(18-23)38-39(46-38)45-20(2)44-29(41)22-6-4-3-5-7-22/h3-16,20,23H,17-18H2,1-2H3,(H,35,40). The van der Waals surface area contributed by atoms with Crippen LogP contribution in [0.5, 0.6) is 0 Å². The number of benzene rings is 3. The molecule has 1 amide bonds. The fraction of sp³-hybridized carbons (Fsp3) is 0.233. The lowest BCUT2D eigenvalue weighted by molar-refractivity contribution is -0.141. The van der Waals surface area contributed by atoms with Gasteiger partial charge in [-0.15, -0.1) is 0 Å². The molecule has 3 heterocycles. The van der Waals surface area contributed by atoms with Gasteiger partial charge in [-0.3, -0.25) is 9.80 Å². The van der Waals surface area contributed by atoms with Gasteiger partial charge in [0.05, 0.1) is 40.8 Å². The van der Waals surface area contributed by atoms with Crippen molar-refractivity contribution in [1.82, 2.24) is 24.5 Å². The molecule has 3 aromatic carbocycles. The van der Waals surface area contributed by atoms with Crippen LogP contribution in [0.2, 0.25) is 0 Å². The maximum absolute atomic E-state index is 13.5. The third kappa shape index (κ3) is 6.89. The number of amides is 1. The van der Waals surface area contributed by atoms with Crippen LogP contribution in [0.25, 0.3) is 16.9 Å². The first-order chi connectivity index (χ1) is 22.3. The van der Waals surface area contributed by atoms with E-state index in [1.807, 2.05) is 11.6 Å². The average molecular weight is 673 g/mol. The molecule has 6 rings (SSSR count). The second-order valence-corrected chi connectivity index (χ2v) is 12.4. The highest BCUT2D eigenvalue weighted by Crippen LogP contribution is 2.33. The molecule has 47 heavy (non-hydrogen) atoms. The van der Waals surface area contributed by atoms with E-state index in [2.05, 4.69) is 5.10 Å². The highest BCUT2D eigenvalue weighted by molar-refractivity contribution is 7.90. The largest absolute Gasteiger partial charge is 0.435 e. The summed E-state index contributed by atoms with van der Waals surface area (Å²) in [5, 5.41) is 6.21. The van der Waals surface area contributed by atoms with Crippen LogP contribution in [0.3, 0.4) is 0 Å². The molecule has 1 atom stereocenters. The van der Waals surface area contributed by atoms with Gasteiger partial charge in [-0.1, -0.05) is 48.0 Å². The van der Waals surface area contributed by atoms with E-state index in [9.17, 15) is 31.2 Å². The number of aromatic nitrogens is 4. The minimum Gasteiger partial charge on any atom is -0.420 e. The molecule has 0 saturated carbocycles. The van der Waals surface area contributed by atoms with Crippen molar-refractivity contribution < 1.29 is 45.4 Å². The summed E-state index contributed by atoms with van der Waals surface area (Å²) in [5.74, 6) is -2.05. The molecule has 0 aliphatic carbocycles. The molecule has 0 bridgehead atoms. The molecule has 17 heteroatoms. The van der Waals surface area contributed by atoms with Gasteiger partial charge in [0.15, 0.2) is 5.69 Å². The van der Waals surface area contributed by atoms with Gasteiger partial charge in [-0.25, -0.2) is 22.6 Å². The molecule has 1 aliphatic rings. The molecular weight excluding hydrogens is 645 g/mol. The summed E-state index contributed by atoms with van der Waals surface area (Å²) in [7, 11) is -4.30. The van der Waals surface area contributed by atoms with Crippen LogP contribution in [0, 0.1) is 12.8 Å². The monoisotopic (exact) mass is 672 g/mol. The summed E-state index contributed by atoms with van der Waals surface area (Å²) in [6.07, 6.45) is -5.70. The molecule has 1 aliphatic heterocycles. The summed E-state index contributed by atoms with van der Waals surface area (Å²) in [4.78, 5) is 31.1. The third-order valence-corrected chi connectivity index (χ3v) is 8.59. The van der Waals surface area contributed by atoms with Crippen LogP contribution in [-0.4, -0.2) is 59.4 Å². The number of nitrogens with one attached hydrogen (secondary N) is 1. The molecule has 13 nitrogen and oxygen atoms in total. The third-order valence-electron chi connectivity index (χ3n) is 7.23. The Balaban J connectivity index is 1.05. The zero-order valence-electron chi connectivity index (χ0n) is 24.8. The van der Waals surface area contributed by atoms with E-state index in [1.165, 1.54) is 36.2 Å². The second kappa shape index (κ2) is 12.1. The molecular formula is C30H27F3N6O7S. The predicted octanol–water partition coefficient (Wildman–Crippen LogP) is 3.77. The quantitative estimate of drug-likeness (QED) is 0.173. The van der Waals surface area contributed by atoms with Crippen molar-refractivity contribution in [3.8, 4) is 16.9 Å². The molecule has 246 valence electrons. The number of esters is 1. The van der Waals surface area contributed by atoms with Crippen molar-refractivity contribution in [1.29, 1.82) is 0 Å². The number of nitrogens with zero attached hydrogens (tertiary/aromatic N) is 5. The summed E-state index contributed by atoms with van der Waals surface area (Å²) in [5.41, 5.74) is 1.00. The number of carbonyl (C=O) groups excluding carboxylic acids is 2. The lowest BCUT2D eigenvalue weighted by atomic mass is 10.0. The average Bonchev–Trinajstić information content (AvgIpc) is 3.57. The van der Waals surface area contributed by atoms with Crippen LogP contribution >= 0.6 is 0 Å². The van der Waals surface area contributed by atoms with Gasteiger partial charge >= 0.3 is 12.1 Å². The highest BCUT2D eigenvalue weighted by Gasteiger charge is 2.40. The number of ether oxygens (including phenoxy) is 1. The van der Waals surface area contributed by atoms with E-state index >= 15 is 0 Å². The van der Waals surface area contributed by atoms with E-state index < -0.39 is 46.0 Å². The molecule has 2 aromatic heterocycles. The Hall–Kier alpha value is -5.45. The van der Waals surface area contributed by atoms with E-state index in [0.29, 0.717) is 11.1 Å². The van der Waals surface area contributed by atoms with Crippen molar-refractivity contribution in [2.45, 2.75) is 31.2 Å². The normalized spacial score (nSPS) is 14.4. The lowest BCUT2D eigenvalue weighted by Gasteiger charge is -2.34. The summed E-state index contributed by atoms with van der Waals surface area (Å²) in [6.45, 7) is 3.53. The Morgan fingerprint density at radius 3 is 2.30 bits per heavy atom. The van der Waals surface area contributed by atoms with Crippen LogP contribution in [0.1, 0.15) is 28.5 Å². The molecule has 0 spiro atoms. The first-order valence-corrected chi connectivity index (χ1v) is 15.6. The zero-order chi connectivity index (χ0) is 33.5. The van der Waals surface area contributed by atoms with E-state index in [-0.39, 0.29) is 29.4 Å². The number of carbonyl (C=O) groups is 2. The Labute approximate surface area is 265 Å². The Morgan fingerprint density at radius 2 is 1.66 bits per heavy atom. The number of rotatable bonds is 10. The van der Waals surface area contributed by atoms with Crippen molar-refractivity contribution in [3.63, 3.8) is 0 Å². The first kappa shape index (κ1) is 31.5. The van der Waals surface area contributed by atoms with Gasteiger partial charge in [0.2, 0.25) is 5.91 Å². The number of sulfonamides is 1. The number of hydrogen-bond donors (Lipinski definition) is 1. The molecule has 1 N–H and O–H groups in total. The minimum atomic E-state index is -4.70. The fourth-order valence-electron chi connectivity index (χ4n) is 4.65. The van der Waals surface area contributed by atoms with Gasteiger partial charge in [0.25, 0.3) is 16.3 Å². The van der Waals surface area contributed by atoms with Crippen LogP contribution < -0.4 is 14.6 Å². The Kier molecular flexibility index (Phi) is 8.08. The van der Waals surface area contributed by atoms with Gasteiger partial charge in [-0.2, -0.15) is 22.9 Å². The molecule has 5 aromatic rings. The van der Waals surface area contributed by atoms with Crippen molar-refractivity contribution in [2.24, 2.45) is 5.92 Å². The van der Waals surface area contributed by atoms with Gasteiger partial charge in [0.1, 0.15) is 5.02 Å².